The smallest absolute Gasteiger partial charge is 0.234 e. The lowest BCUT2D eigenvalue weighted by molar-refractivity contribution is -0.120. The van der Waals surface area contributed by atoms with Crippen LogP contribution in [0.25, 0.3) is 0 Å². The number of ether oxygens (including phenoxy) is 2. The molecule has 0 aromatic heterocycles. The molecule has 5 nitrogen and oxygen atoms in total. The van der Waals surface area contributed by atoms with Crippen molar-refractivity contribution >= 4 is 29.9 Å². The van der Waals surface area contributed by atoms with Crippen molar-refractivity contribution in [2.24, 2.45) is 0 Å². The van der Waals surface area contributed by atoms with Crippen LogP contribution < -0.4 is 15.4 Å². The molecule has 1 rings (SSSR count). The van der Waals surface area contributed by atoms with Crippen LogP contribution in [0.1, 0.15) is 0 Å². The van der Waals surface area contributed by atoms with E-state index in [4.69, 9.17) is 21.1 Å². The molecule has 1 aromatic rings. The standard InChI is InChI=1S/C13H19ClN2O3.ClH/c1-18-8-6-15-10-13(17)16-7-9-19-12-4-2-11(14)3-5-12;/h2-5,15H,6-10H2,1H3,(H,16,17);1H. The Kier molecular flexibility index (Phi) is 11.2. The van der Waals surface area contributed by atoms with Gasteiger partial charge in [-0.1, -0.05) is 11.6 Å². The first-order chi connectivity index (χ1) is 9.22. The van der Waals surface area contributed by atoms with Crippen LogP contribution in [0.4, 0.5) is 0 Å². The Bertz CT molecular complexity index is 374. The molecule has 0 spiro atoms. The van der Waals surface area contributed by atoms with Gasteiger partial charge in [0, 0.05) is 18.7 Å². The van der Waals surface area contributed by atoms with Gasteiger partial charge in [0.25, 0.3) is 0 Å². The van der Waals surface area contributed by atoms with Gasteiger partial charge in [-0.3, -0.25) is 4.79 Å². The first-order valence-electron chi connectivity index (χ1n) is 6.07. The number of benzene rings is 1. The molecule has 0 aliphatic rings. The fourth-order valence-electron chi connectivity index (χ4n) is 1.33. The highest BCUT2D eigenvalue weighted by molar-refractivity contribution is 6.30. The van der Waals surface area contributed by atoms with Crippen molar-refractivity contribution in [3.05, 3.63) is 29.3 Å². The van der Waals surface area contributed by atoms with Gasteiger partial charge < -0.3 is 20.1 Å². The van der Waals surface area contributed by atoms with Crippen LogP contribution in [-0.2, 0) is 9.53 Å². The largest absolute Gasteiger partial charge is 0.492 e. The average Bonchev–Trinajstić information content (AvgIpc) is 2.42. The van der Waals surface area contributed by atoms with Gasteiger partial charge in [-0.25, -0.2) is 0 Å². The lowest BCUT2D eigenvalue weighted by Crippen LogP contribution is -2.37. The molecule has 2 N–H and O–H groups in total. The van der Waals surface area contributed by atoms with Gasteiger partial charge in [-0.2, -0.15) is 0 Å². The summed E-state index contributed by atoms with van der Waals surface area (Å²) in [5.41, 5.74) is 0. The van der Waals surface area contributed by atoms with Crippen molar-refractivity contribution in [3.8, 4) is 5.75 Å². The summed E-state index contributed by atoms with van der Waals surface area (Å²) in [6.07, 6.45) is 0. The van der Waals surface area contributed by atoms with Crippen LogP contribution in [0.2, 0.25) is 5.02 Å². The molecule has 20 heavy (non-hydrogen) atoms. The third-order valence-corrected chi connectivity index (χ3v) is 2.53. The van der Waals surface area contributed by atoms with Crippen LogP contribution in [0.15, 0.2) is 24.3 Å². The average molecular weight is 323 g/mol. The van der Waals surface area contributed by atoms with Gasteiger partial charge >= 0.3 is 0 Å². The maximum atomic E-state index is 11.4. The van der Waals surface area contributed by atoms with E-state index in [2.05, 4.69) is 10.6 Å². The number of carbonyl (C=O) groups excluding carboxylic acids is 1. The minimum atomic E-state index is -0.0594. The third kappa shape index (κ3) is 8.98. The summed E-state index contributed by atoms with van der Waals surface area (Å²) in [6.45, 7) is 2.42. The highest BCUT2D eigenvalue weighted by Gasteiger charge is 1.99. The summed E-state index contributed by atoms with van der Waals surface area (Å²) in [5, 5.41) is 6.38. The summed E-state index contributed by atoms with van der Waals surface area (Å²) < 4.78 is 10.3. The van der Waals surface area contributed by atoms with E-state index < -0.39 is 0 Å². The van der Waals surface area contributed by atoms with Gasteiger partial charge in [0.2, 0.25) is 5.91 Å². The van der Waals surface area contributed by atoms with E-state index >= 15 is 0 Å². The van der Waals surface area contributed by atoms with Crippen molar-refractivity contribution in [2.45, 2.75) is 0 Å². The molecule has 0 aliphatic heterocycles. The maximum absolute atomic E-state index is 11.4. The van der Waals surface area contributed by atoms with Crippen LogP contribution in [-0.4, -0.2) is 45.9 Å². The molecule has 0 atom stereocenters. The Morgan fingerprint density at radius 1 is 1.20 bits per heavy atom. The highest BCUT2D eigenvalue weighted by Crippen LogP contribution is 2.14. The van der Waals surface area contributed by atoms with E-state index in [9.17, 15) is 4.79 Å². The number of halogens is 2. The molecule has 0 bridgehead atoms. The molecule has 114 valence electrons. The third-order valence-electron chi connectivity index (χ3n) is 2.28. The number of methoxy groups -OCH3 is 1. The zero-order valence-electron chi connectivity index (χ0n) is 11.4. The van der Waals surface area contributed by atoms with E-state index in [1.54, 1.807) is 31.4 Å². The van der Waals surface area contributed by atoms with Crippen LogP contribution in [0, 0.1) is 0 Å². The van der Waals surface area contributed by atoms with E-state index in [1.165, 1.54) is 0 Å². The minimum absolute atomic E-state index is 0. The summed E-state index contributed by atoms with van der Waals surface area (Å²) >= 11 is 5.76. The molecule has 7 heteroatoms. The number of hydrogen-bond acceptors (Lipinski definition) is 4. The Hall–Kier alpha value is -1.01. The summed E-state index contributed by atoms with van der Waals surface area (Å²) in [6, 6.07) is 7.09. The van der Waals surface area contributed by atoms with Crippen molar-refractivity contribution in [1.29, 1.82) is 0 Å². The second kappa shape index (κ2) is 11.8. The Morgan fingerprint density at radius 3 is 2.55 bits per heavy atom. The van der Waals surface area contributed by atoms with E-state index in [-0.39, 0.29) is 24.9 Å². The van der Waals surface area contributed by atoms with E-state index in [0.29, 0.717) is 31.3 Å². The minimum Gasteiger partial charge on any atom is -0.492 e. The molecule has 0 aliphatic carbocycles. The number of carbonyl (C=O) groups is 1. The molecule has 1 amide bonds. The lowest BCUT2D eigenvalue weighted by Gasteiger charge is -2.08. The fraction of sp³-hybridized carbons (Fsp3) is 0.462. The van der Waals surface area contributed by atoms with Gasteiger partial charge in [0.05, 0.1) is 19.7 Å². The molecule has 0 radical (unpaired) electrons. The molecule has 0 saturated carbocycles. The van der Waals surface area contributed by atoms with E-state index in [1.807, 2.05) is 0 Å². The Balaban J connectivity index is 0.00000361. The second-order valence-electron chi connectivity index (χ2n) is 3.82. The number of hydrogen-bond donors (Lipinski definition) is 2. The molecular formula is C13H20Cl2N2O3. The Labute approximate surface area is 130 Å². The zero-order chi connectivity index (χ0) is 13.9. The number of amides is 1. The second-order valence-corrected chi connectivity index (χ2v) is 4.26. The van der Waals surface area contributed by atoms with E-state index in [0.717, 1.165) is 5.75 Å². The molecular weight excluding hydrogens is 303 g/mol. The topological polar surface area (TPSA) is 59.6 Å². The summed E-state index contributed by atoms with van der Waals surface area (Å²) in [7, 11) is 1.62. The van der Waals surface area contributed by atoms with Crippen molar-refractivity contribution < 1.29 is 14.3 Å². The van der Waals surface area contributed by atoms with Crippen molar-refractivity contribution in [2.75, 3.05) is 40.0 Å². The van der Waals surface area contributed by atoms with Gasteiger partial charge in [-0.05, 0) is 24.3 Å². The van der Waals surface area contributed by atoms with Gasteiger partial charge in [0.1, 0.15) is 12.4 Å². The lowest BCUT2D eigenvalue weighted by atomic mass is 10.3. The number of rotatable bonds is 9. The van der Waals surface area contributed by atoms with Crippen molar-refractivity contribution in [3.63, 3.8) is 0 Å². The fourth-order valence-corrected chi connectivity index (χ4v) is 1.45. The van der Waals surface area contributed by atoms with Crippen LogP contribution >= 0.6 is 24.0 Å². The summed E-state index contributed by atoms with van der Waals surface area (Å²) in [4.78, 5) is 11.4. The molecule has 0 fully saturated rings. The molecule has 1 aromatic carbocycles. The predicted octanol–water partition coefficient (Wildman–Crippen LogP) is 1.49. The summed E-state index contributed by atoms with van der Waals surface area (Å²) in [5.74, 6) is 0.674. The van der Waals surface area contributed by atoms with Gasteiger partial charge in [-0.15, -0.1) is 12.4 Å². The van der Waals surface area contributed by atoms with Crippen LogP contribution in [0.3, 0.4) is 0 Å². The zero-order valence-corrected chi connectivity index (χ0v) is 12.9. The molecule has 0 saturated heterocycles. The van der Waals surface area contributed by atoms with Crippen LogP contribution in [0.5, 0.6) is 5.75 Å². The Morgan fingerprint density at radius 2 is 1.90 bits per heavy atom. The number of nitrogens with one attached hydrogen (secondary N) is 2. The van der Waals surface area contributed by atoms with Crippen molar-refractivity contribution in [1.82, 2.24) is 10.6 Å². The van der Waals surface area contributed by atoms with Gasteiger partial charge in [0.15, 0.2) is 0 Å². The highest BCUT2D eigenvalue weighted by atomic mass is 35.5. The monoisotopic (exact) mass is 322 g/mol. The molecule has 0 heterocycles. The predicted molar refractivity (Wildman–Crippen MR) is 82.0 cm³/mol. The first-order valence-corrected chi connectivity index (χ1v) is 6.45. The normalized spacial score (nSPS) is 9.70. The quantitative estimate of drug-likeness (QED) is 0.676. The SMILES string of the molecule is COCCNCC(=O)NCCOc1ccc(Cl)cc1.Cl. The first kappa shape index (κ1) is 19.0. The maximum Gasteiger partial charge on any atom is 0.234 e. The molecule has 0 unspecified atom stereocenters.